The average molecular weight is 1210 g/mol. The van der Waals surface area contributed by atoms with Crippen molar-refractivity contribution < 1.29 is 37.6 Å². The van der Waals surface area contributed by atoms with E-state index in [1.807, 2.05) is 0 Å². The van der Waals surface area contributed by atoms with E-state index in [1.54, 1.807) is 0 Å². The Kier molecular flexibility index (Phi) is 68.4. The Labute approximate surface area is 526 Å². The third-order valence-corrected chi connectivity index (χ3v) is 17.1. The maximum Gasteiger partial charge on any atom is 0.472 e. The fourth-order valence-corrected chi connectivity index (χ4v) is 11.5. The van der Waals surface area contributed by atoms with Crippen LogP contribution in [0.4, 0.5) is 0 Å². The molecule has 0 rings (SSSR count). The maximum atomic E-state index is 12.8. The Morgan fingerprint density at radius 3 is 0.976 bits per heavy atom. The normalized spacial score (nSPS) is 13.3. The number of allylic oxidation sites excluding steroid dienone is 12. The Morgan fingerprint density at radius 2 is 0.647 bits per heavy atom. The van der Waals surface area contributed by atoms with Crippen molar-refractivity contribution in [3.63, 3.8) is 0 Å². The van der Waals surface area contributed by atoms with Gasteiger partial charge in [-0.05, 0) is 83.5 Å². The molecule has 9 nitrogen and oxygen atoms in total. The molecule has 0 radical (unpaired) electrons. The Morgan fingerprint density at radius 1 is 0.365 bits per heavy atom. The molecule has 10 heteroatoms. The van der Waals surface area contributed by atoms with Gasteiger partial charge in [-0.25, -0.2) is 4.57 Å². The van der Waals surface area contributed by atoms with Crippen LogP contribution in [0.25, 0.3) is 0 Å². The number of esters is 2. The minimum atomic E-state index is -4.40. The van der Waals surface area contributed by atoms with Crippen molar-refractivity contribution in [1.29, 1.82) is 0 Å². The van der Waals surface area contributed by atoms with Crippen LogP contribution in [-0.2, 0) is 32.7 Å². The molecule has 0 spiro atoms. The van der Waals surface area contributed by atoms with Gasteiger partial charge < -0.3 is 20.1 Å². The van der Waals surface area contributed by atoms with E-state index in [0.717, 1.165) is 70.6 Å². The number of hydrogen-bond acceptors (Lipinski definition) is 8. The number of unbranched alkanes of at least 4 members (excludes halogenated alkanes) is 44. The number of rotatable bonds is 69. The van der Waals surface area contributed by atoms with Gasteiger partial charge in [0.15, 0.2) is 6.10 Å². The highest BCUT2D eigenvalue weighted by Gasteiger charge is 2.26. The van der Waals surface area contributed by atoms with Gasteiger partial charge in [0.05, 0.1) is 13.2 Å². The summed E-state index contributed by atoms with van der Waals surface area (Å²) in [6, 6.07) is 0. The van der Waals surface area contributed by atoms with E-state index >= 15 is 0 Å². The zero-order valence-electron chi connectivity index (χ0n) is 55.8. The van der Waals surface area contributed by atoms with Crippen LogP contribution in [-0.4, -0.2) is 49.3 Å². The van der Waals surface area contributed by atoms with Crippen LogP contribution in [0.5, 0.6) is 0 Å². The molecule has 496 valence electrons. The van der Waals surface area contributed by atoms with Gasteiger partial charge in [0.2, 0.25) is 0 Å². The summed E-state index contributed by atoms with van der Waals surface area (Å²) in [5.74, 6) is -0.814. The molecule has 0 saturated carbocycles. The summed E-state index contributed by atoms with van der Waals surface area (Å²) in [5, 5.41) is 0. The van der Waals surface area contributed by atoms with E-state index in [2.05, 4.69) is 86.8 Å². The Balaban J connectivity index is 3.82. The van der Waals surface area contributed by atoms with Gasteiger partial charge >= 0.3 is 19.8 Å². The minimum Gasteiger partial charge on any atom is -0.462 e. The molecule has 0 aliphatic rings. The highest BCUT2D eigenvalue weighted by atomic mass is 31.2. The molecule has 0 bridgehead atoms. The predicted octanol–water partition coefficient (Wildman–Crippen LogP) is 24.0. The average Bonchev–Trinajstić information content (AvgIpc) is 3.52. The molecule has 0 fully saturated rings. The lowest BCUT2D eigenvalue weighted by molar-refractivity contribution is -0.161. The number of phosphoric acid groups is 1. The fraction of sp³-hybridized carbons (Fsp3) is 0.813. The molecule has 0 aromatic rings. The molecular formula is C75H138NO8P. The monoisotopic (exact) mass is 1210 g/mol. The van der Waals surface area contributed by atoms with Gasteiger partial charge in [-0.1, -0.05) is 337 Å². The van der Waals surface area contributed by atoms with E-state index in [-0.39, 0.29) is 38.6 Å². The molecule has 3 N–H and O–H groups in total. The summed E-state index contributed by atoms with van der Waals surface area (Å²) in [6.07, 6.45) is 93.0. The van der Waals surface area contributed by atoms with E-state index < -0.39 is 26.5 Å². The van der Waals surface area contributed by atoms with Crippen molar-refractivity contribution >= 4 is 19.8 Å². The first-order valence-corrected chi connectivity index (χ1v) is 37.9. The Bertz CT molecular complexity index is 1620. The van der Waals surface area contributed by atoms with E-state index in [1.165, 1.54) is 257 Å². The van der Waals surface area contributed by atoms with Crippen molar-refractivity contribution in [2.24, 2.45) is 5.73 Å². The molecule has 0 aromatic carbocycles. The third kappa shape index (κ3) is 70.4. The third-order valence-electron chi connectivity index (χ3n) is 16.1. The lowest BCUT2D eigenvalue weighted by Crippen LogP contribution is -2.29. The zero-order valence-corrected chi connectivity index (χ0v) is 56.7. The van der Waals surface area contributed by atoms with Gasteiger partial charge in [-0.3, -0.25) is 18.6 Å². The number of hydrogen-bond donors (Lipinski definition) is 2. The van der Waals surface area contributed by atoms with E-state index in [4.69, 9.17) is 24.3 Å². The molecule has 0 amide bonds. The van der Waals surface area contributed by atoms with Gasteiger partial charge in [-0.15, -0.1) is 0 Å². The second-order valence-electron chi connectivity index (χ2n) is 24.4. The predicted molar refractivity (Wildman–Crippen MR) is 367 cm³/mol. The lowest BCUT2D eigenvalue weighted by atomic mass is 10.0. The number of carbonyl (C=O) groups excluding carboxylic acids is 2. The first kappa shape index (κ1) is 82.5. The van der Waals surface area contributed by atoms with E-state index in [9.17, 15) is 19.0 Å². The second-order valence-corrected chi connectivity index (χ2v) is 25.9. The van der Waals surface area contributed by atoms with Crippen LogP contribution >= 0.6 is 7.82 Å². The molecule has 85 heavy (non-hydrogen) atoms. The van der Waals surface area contributed by atoms with Crippen molar-refractivity contribution in [3.05, 3.63) is 72.9 Å². The summed E-state index contributed by atoms with van der Waals surface area (Å²) in [7, 11) is -4.40. The summed E-state index contributed by atoms with van der Waals surface area (Å²) in [5.41, 5.74) is 5.41. The first-order valence-electron chi connectivity index (χ1n) is 36.4. The summed E-state index contributed by atoms with van der Waals surface area (Å²) in [4.78, 5) is 35.4. The van der Waals surface area contributed by atoms with Crippen molar-refractivity contribution in [2.75, 3.05) is 26.4 Å². The lowest BCUT2D eigenvalue weighted by Gasteiger charge is -2.19. The van der Waals surface area contributed by atoms with Gasteiger partial charge in [0.25, 0.3) is 0 Å². The summed E-state index contributed by atoms with van der Waals surface area (Å²) in [6.45, 7) is 3.68. The number of phosphoric ester groups is 1. The highest BCUT2D eigenvalue weighted by Crippen LogP contribution is 2.43. The number of ether oxygens (including phenoxy) is 2. The van der Waals surface area contributed by atoms with Crippen LogP contribution in [0.1, 0.15) is 361 Å². The molecule has 0 aromatic heterocycles. The van der Waals surface area contributed by atoms with Gasteiger partial charge in [0, 0.05) is 19.4 Å². The smallest absolute Gasteiger partial charge is 0.462 e. The Hall–Kier alpha value is -2.55. The topological polar surface area (TPSA) is 134 Å². The van der Waals surface area contributed by atoms with Crippen molar-refractivity contribution in [3.8, 4) is 0 Å². The molecule has 0 aliphatic carbocycles. The van der Waals surface area contributed by atoms with Crippen LogP contribution in [0, 0.1) is 0 Å². The van der Waals surface area contributed by atoms with Gasteiger partial charge in [0.1, 0.15) is 6.61 Å². The molecule has 0 aliphatic heterocycles. The van der Waals surface area contributed by atoms with Crippen molar-refractivity contribution in [2.45, 2.75) is 367 Å². The second kappa shape index (κ2) is 70.5. The molecule has 2 atom stereocenters. The highest BCUT2D eigenvalue weighted by molar-refractivity contribution is 7.47. The van der Waals surface area contributed by atoms with Crippen LogP contribution < -0.4 is 5.73 Å². The van der Waals surface area contributed by atoms with Crippen LogP contribution in [0.2, 0.25) is 0 Å². The summed E-state index contributed by atoms with van der Waals surface area (Å²) >= 11 is 0. The standard InChI is InChI=1S/C75H138NO8P/c1-3-5-7-9-11-13-15-17-19-21-23-25-27-29-31-33-34-35-36-37-38-40-41-43-45-47-49-51-53-55-57-59-61-63-65-67-74(77)81-71-73(72-83-85(79,80)82-70-69-76)84-75(78)68-66-64-62-60-58-56-54-52-50-48-46-44-42-39-32-30-28-26-24-22-20-18-16-14-12-10-8-6-4-2/h6,8,12,14,18,20-21,23-24,26,30,32,73H,3-5,7,9-11,13,15-17,19,22,25,27-29,31,33-72,76H2,1-2H3,(H,79,80)/b8-6-,14-12-,20-18-,23-21-,26-24-,32-30-. The number of carbonyl (C=O) groups is 2. The molecular weight excluding hydrogens is 1070 g/mol. The zero-order chi connectivity index (χ0) is 61.6. The molecule has 0 saturated heterocycles. The van der Waals surface area contributed by atoms with Crippen LogP contribution in [0.15, 0.2) is 72.9 Å². The summed E-state index contributed by atoms with van der Waals surface area (Å²) < 4.78 is 33.2. The molecule has 0 heterocycles. The quantitative estimate of drug-likeness (QED) is 0.0264. The molecule has 2 unspecified atom stereocenters. The van der Waals surface area contributed by atoms with Gasteiger partial charge in [-0.2, -0.15) is 0 Å². The van der Waals surface area contributed by atoms with E-state index in [0.29, 0.717) is 6.42 Å². The SMILES string of the molecule is CC/C=C\C/C=C\C/C=C\C/C=C\C/C=C\CCCCCCCCCCCCCCCC(=O)OC(COC(=O)CCCCCCCCCCCCCCCCCCCCCCCCC/C=C\CCCCCCCCCC)COP(=O)(O)OCCN. The maximum absolute atomic E-state index is 12.8. The largest absolute Gasteiger partial charge is 0.472 e. The minimum absolute atomic E-state index is 0.0528. The van der Waals surface area contributed by atoms with Crippen LogP contribution in [0.3, 0.4) is 0 Å². The fourth-order valence-electron chi connectivity index (χ4n) is 10.7. The number of nitrogens with two attached hydrogens (primary N) is 1. The van der Waals surface area contributed by atoms with Crippen molar-refractivity contribution in [1.82, 2.24) is 0 Å². The first-order chi connectivity index (χ1) is 41.8.